The van der Waals surface area contributed by atoms with Crippen molar-refractivity contribution in [2.24, 2.45) is 0 Å². The van der Waals surface area contributed by atoms with Crippen LogP contribution in [0.3, 0.4) is 0 Å². The summed E-state index contributed by atoms with van der Waals surface area (Å²) < 4.78 is 0. The maximum atomic E-state index is 12.4. The van der Waals surface area contributed by atoms with Gasteiger partial charge < -0.3 is 4.90 Å². The minimum atomic E-state index is -0.0351. The monoisotopic (exact) mass is 301 g/mol. The summed E-state index contributed by atoms with van der Waals surface area (Å²) in [6, 6.07) is 10.2. The quantitative estimate of drug-likeness (QED) is 0.862. The molecule has 0 atom stereocenters. The molecule has 1 fully saturated rings. The Morgan fingerprint density at radius 1 is 1.38 bits per heavy atom. The Hall–Kier alpha value is -1.75. The van der Waals surface area contributed by atoms with Gasteiger partial charge in [0.1, 0.15) is 5.69 Å². The van der Waals surface area contributed by atoms with E-state index in [-0.39, 0.29) is 5.91 Å². The number of nitrogens with one attached hydrogen (secondary N) is 1. The van der Waals surface area contributed by atoms with Crippen LogP contribution in [0.4, 0.5) is 0 Å². The highest BCUT2D eigenvalue weighted by Crippen LogP contribution is 2.39. The van der Waals surface area contributed by atoms with E-state index in [0.29, 0.717) is 18.2 Å². The van der Waals surface area contributed by atoms with Gasteiger partial charge in [-0.2, -0.15) is 5.10 Å². The summed E-state index contributed by atoms with van der Waals surface area (Å²) in [6.07, 6.45) is 4.46. The van der Waals surface area contributed by atoms with Crippen molar-refractivity contribution >= 4 is 17.7 Å². The van der Waals surface area contributed by atoms with Crippen molar-refractivity contribution in [2.45, 2.75) is 30.2 Å². The summed E-state index contributed by atoms with van der Waals surface area (Å²) >= 11 is 1.72. The summed E-state index contributed by atoms with van der Waals surface area (Å²) in [7, 11) is 1.82. The summed E-state index contributed by atoms with van der Waals surface area (Å²) in [6.45, 7) is 0.596. The van der Waals surface area contributed by atoms with Crippen LogP contribution in [0, 0.1) is 0 Å². The van der Waals surface area contributed by atoms with Crippen molar-refractivity contribution in [2.75, 3.05) is 13.3 Å². The van der Waals surface area contributed by atoms with Crippen LogP contribution in [0.1, 0.15) is 40.5 Å². The zero-order valence-corrected chi connectivity index (χ0v) is 13.1. The molecule has 0 aliphatic heterocycles. The van der Waals surface area contributed by atoms with E-state index < -0.39 is 0 Å². The minimum Gasteiger partial charge on any atom is -0.336 e. The molecule has 1 heterocycles. The number of carbonyl (C=O) groups is 1. The number of aromatic nitrogens is 2. The molecule has 110 valence electrons. The third-order valence-electron chi connectivity index (χ3n) is 3.76. The second-order valence-electron chi connectivity index (χ2n) is 5.49. The van der Waals surface area contributed by atoms with Crippen LogP contribution in [0.25, 0.3) is 0 Å². The van der Waals surface area contributed by atoms with E-state index in [4.69, 9.17) is 0 Å². The SMILES string of the molecule is CSc1ccc(CN(C)C(=O)c2cc(C3CC3)[nH]n2)cc1. The molecule has 4 nitrogen and oxygen atoms in total. The smallest absolute Gasteiger partial charge is 0.274 e. The molecule has 1 saturated carbocycles. The Bertz CT molecular complexity index is 631. The number of nitrogens with zero attached hydrogens (tertiary/aromatic N) is 2. The molecule has 1 aliphatic carbocycles. The molecule has 3 rings (SSSR count). The number of benzene rings is 1. The van der Waals surface area contributed by atoms with E-state index in [2.05, 4.69) is 40.7 Å². The highest BCUT2D eigenvalue weighted by atomic mass is 32.2. The molecule has 2 aromatic rings. The molecule has 0 radical (unpaired) electrons. The standard InChI is InChI=1S/C16H19N3OS/c1-19(10-11-3-7-13(21-2)8-4-11)16(20)15-9-14(17-18-15)12-5-6-12/h3-4,7-9,12H,5-6,10H2,1-2H3,(H,17,18). The first-order valence-electron chi connectivity index (χ1n) is 7.11. The van der Waals surface area contributed by atoms with E-state index in [1.54, 1.807) is 16.7 Å². The van der Waals surface area contributed by atoms with E-state index in [1.165, 1.54) is 17.7 Å². The molecule has 1 amide bonds. The zero-order valence-electron chi connectivity index (χ0n) is 12.3. The Balaban J connectivity index is 1.65. The van der Waals surface area contributed by atoms with Gasteiger partial charge in [-0.25, -0.2) is 0 Å². The lowest BCUT2D eigenvalue weighted by Crippen LogP contribution is -2.26. The van der Waals surface area contributed by atoms with Gasteiger partial charge in [-0.15, -0.1) is 11.8 Å². The van der Waals surface area contributed by atoms with Gasteiger partial charge in [0.25, 0.3) is 5.91 Å². The summed E-state index contributed by atoms with van der Waals surface area (Å²) in [5.74, 6) is 0.551. The molecular weight excluding hydrogens is 282 g/mol. The second kappa shape index (κ2) is 5.93. The largest absolute Gasteiger partial charge is 0.336 e. The average Bonchev–Trinajstić information content (AvgIpc) is 3.25. The van der Waals surface area contributed by atoms with E-state index in [0.717, 1.165) is 11.3 Å². The van der Waals surface area contributed by atoms with Gasteiger partial charge in [-0.05, 0) is 42.9 Å². The van der Waals surface area contributed by atoms with Gasteiger partial charge in [0, 0.05) is 30.1 Å². The fraction of sp³-hybridized carbons (Fsp3) is 0.375. The fourth-order valence-corrected chi connectivity index (χ4v) is 2.73. The lowest BCUT2D eigenvalue weighted by Gasteiger charge is -2.16. The number of aromatic amines is 1. The minimum absolute atomic E-state index is 0.0351. The topological polar surface area (TPSA) is 49.0 Å². The molecule has 21 heavy (non-hydrogen) atoms. The van der Waals surface area contributed by atoms with Gasteiger partial charge in [0.2, 0.25) is 0 Å². The van der Waals surface area contributed by atoms with Gasteiger partial charge in [0.05, 0.1) is 0 Å². The van der Waals surface area contributed by atoms with E-state index >= 15 is 0 Å². The maximum Gasteiger partial charge on any atom is 0.274 e. The Kier molecular flexibility index (Phi) is 4.01. The summed E-state index contributed by atoms with van der Waals surface area (Å²) in [5.41, 5.74) is 2.73. The summed E-state index contributed by atoms with van der Waals surface area (Å²) in [5, 5.41) is 7.13. The number of rotatable bonds is 5. The van der Waals surface area contributed by atoms with E-state index in [9.17, 15) is 4.79 Å². The molecule has 1 aromatic carbocycles. The maximum absolute atomic E-state index is 12.4. The molecule has 0 spiro atoms. The first kappa shape index (κ1) is 14.2. The molecule has 0 saturated heterocycles. The van der Waals surface area contributed by atoms with Crippen molar-refractivity contribution in [1.82, 2.24) is 15.1 Å². The Morgan fingerprint density at radius 3 is 2.71 bits per heavy atom. The van der Waals surface area contributed by atoms with Gasteiger partial charge >= 0.3 is 0 Å². The number of thioether (sulfide) groups is 1. The van der Waals surface area contributed by atoms with Crippen molar-refractivity contribution in [1.29, 1.82) is 0 Å². The first-order chi connectivity index (χ1) is 10.2. The fourth-order valence-electron chi connectivity index (χ4n) is 2.32. The van der Waals surface area contributed by atoms with Crippen LogP contribution in [-0.4, -0.2) is 34.3 Å². The number of H-pyrrole nitrogens is 1. The van der Waals surface area contributed by atoms with Crippen LogP contribution in [0.2, 0.25) is 0 Å². The van der Waals surface area contributed by atoms with Crippen molar-refractivity contribution in [3.63, 3.8) is 0 Å². The van der Waals surface area contributed by atoms with Crippen LogP contribution in [0.5, 0.6) is 0 Å². The number of carbonyl (C=O) groups excluding carboxylic acids is 1. The molecule has 1 aliphatic rings. The van der Waals surface area contributed by atoms with Crippen molar-refractivity contribution in [3.05, 3.63) is 47.3 Å². The molecule has 0 unspecified atom stereocenters. The Morgan fingerprint density at radius 2 is 2.10 bits per heavy atom. The lowest BCUT2D eigenvalue weighted by molar-refractivity contribution is 0.0779. The first-order valence-corrected chi connectivity index (χ1v) is 8.33. The number of hydrogen-bond donors (Lipinski definition) is 1. The Labute approximate surface area is 128 Å². The zero-order chi connectivity index (χ0) is 14.8. The third-order valence-corrected chi connectivity index (χ3v) is 4.50. The molecule has 0 bridgehead atoms. The highest BCUT2D eigenvalue weighted by Gasteiger charge is 2.27. The predicted octanol–water partition coefficient (Wildman–Crippen LogP) is 3.28. The van der Waals surface area contributed by atoms with Crippen LogP contribution < -0.4 is 0 Å². The van der Waals surface area contributed by atoms with Crippen LogP contribution >= 0.6 is 11.8 Å². The van der Waals surface area contributed by atoms with Crippen molar-refractivity contribution < 1.29 is 4.79 Å². The van der Waals surface area contributed by atoms with E-state index in [1.807, 2.05) is 13.1 Å². The van der Waals surface area contributed by atoms with Crippen molar-refractivity contribution in [3.8, 4) is 0 Å². The second-order valence-corrected chi connectivity index (χ2v) is 6.37. The van der Waals surface area contributed by atoms with Gasteiger partial charge in [-0.3, -0.25) is 9.89 Å². The predicted molar refractivity (Wildman–Crippen MR) is 84.6 cm³/mol. The third kappa shape index (κ3) is 3.29. The van der Waals surface area contributed by atoms with Gasteiger partial charge in [0.15, 0.2) is 0 Å². The molecule has 1 N–H and O–H groups in total. The van der Waals surface area contributed by atoms with Gasteiger partial charge in [-0.1, -0.05) is 12.1 Å². The summed E-state index contributed by atoms with van der Waals surface area (Å²) in [4.78, 5) is 15.3. The number of amides is 1. The van der Waals surface area contributed by atoms with Crippen LogP contribution in [0.15, 0.2) is 35.2 Å². The number of hydrogen-bond acceptors (Lipinski definition) is 3. The normalized spacial score (nSPS) is 14.2. The highest BCUT2D eigenvalue weighted by molar-refractivity contribution is 7.98. The lowest BCUT2D eigenvalue weighted by atomic mass is 10.2. The molecule has 5 heteroatoms. The van der Waals surface area contributed by atoms with Crippen LogP contribution in [-0.2, 0) is 6.54 Å². The molecular formula is C16H19N3OS. The molecule has 1 aromatic heterocycles. The average molecular weight is 301 g/mol.